The highest BCUT2D eigenvalue weighted by Gasteiger charge is 2.17. The molecular formula is C11H15ClN2S. The van der Waals surface area contributed by atoms with Crippen LogP contribution < -0.4 is 0 Å². The van der Waals surface area contributed by atoms with Gasteiger partial charge >= 0.3 is 0 Å². The molecule has 82 valence electrons. The van der Waals surface area contributed by atoms with Crippen LogP contribution in [0.1, 0.15) is 38.4 Å². The molecule has 1 aliphatic carbocycles. The van der Waals surface area contributed by atoms with Crippen LogP contribution in [0.2, 0.25) is 5.15 Å². The summed E-state index contributed by atoms with van der Waals surface area (Å²) < 4.78 is 0. The second-order valence-electron chi connectivity index (χ2n) is 3.82. The molecule has 1 saturated carbocycles. The summed E-state index contributed by atoms with van der Waals surface area (Å²) in [7, 11) is 0. The third-order valence-corrected chi connectivity index (χ3v) is 4.07. The highest BCUT2D eigenvalue weighted by Crippen LogP contribution is 2.34. The van der Waals surface area contributed by atoms with Gasteiger partial charge in [-0.25, -0.2) is 9.97 Å². The van der Waals surface area contributed by atoms with E-state index >= 15 is 0 Å². The summed E-state index contributed by atoms with van der Waals surface area (Å²) in [6, 6.07) is 1.88. The number of hydrogen-bond acceptors (Lipinski definition) is 3. The van der Waals surface area contributed by atoms with Crippen LogP contribution in [0.5, 0.6) is 0 Å². The van der Waals surface area contributed by atoms with Gasteiger partial charge < -0.3 is 0 Å². The zero-order valence-electron chi connectivity index (χ0n) is 8.87. The second-order valence-corrected chi connectivity index (χ2v) is 5.53. The average Bonchev–Trinajstić information content (AvgIpc) is 2.69. The molecule has 0 aromatic carbocycles. The van der Waals surface area contributed by atoms with Gasteiger partial charge in [0.15, 0.2) is 0 Å². The van der Waals surface area contributed by atoms with E-state index in [0.717, 1.165) is 22.5 Å². The van der Waals surface area contributed by atoms with Crippen LogP contribution in [0.25, 0.3) is 0 Å². The number of hydrogen-bond donors (Lipinski definition) is 0. The summed E-state index contributed by atoms with van der Waals surface area (Å²) in [5.74, 6) is 0.850. The molecule has 0 aliphatic heterocycles. The predicted octanol–water partition coefficient (Wildman–Crippen LogP) is 3.73. The van der Waals surface area contributed by atoms with E-state index in [9.17, 15) is 0 Å². The molecule has 1 heterocycles. The van der Waals surface area contributed by atoms with Gasteiger partial charge in [0.05, 0.1) is 0 Å². The van der Waals surface area contributed by atoms with Gasteiger partial charge in [0, 0.05) is 17.7 Å². The van der Waals surface area contributed by atoms with Crippen molar-refractivity contribution < 1.29 is 0 Å². The Morgan fingerprint density at radius 1 is 1.40 bits per heavy atom. The van der Waals surface area contributed by atoms with Crippen LogP contribution in [-0.2, 0) is 6.42 Å². The maximum absolute atomic E-state index is 5.95. The Morgan fingerprint density at radius 3 is 2.80 bits per heavy atom. The summed E-state index contributed by atoms with van der Waals surface area (Å²) in [6.45, 7) is 2.05. The van der Waals surface area contributed by atoms with Crippen LogP contribution in [-0.4, -0.2) is 15.2 Å². The first-order chi connectivity index (χ1) is 7.28. The molecule has 0 atom stereocenters. The van der Waals surface area contributed by atoms with Crippen molar-refractivity contribution in [3.8, 4) is 0 Å². The van der Waals surface area contributed by atoms with E-state index in [0.29, 0.717) is 5.15 Å². The lowest BCUT2D eigenvalue weighted by molar-refractivity contribution is 0.869. The fraction of sp³-hybridized carbons (Fsp3) is 0.636. The Bertz CT molecular complexity index is 337. The minimum Gasteiger partial charge on any atom is -0.226 e. The molecule has 1 aliphatic rings. The zero-order valence-corrected chi connectivity index (χ0v) is 10.4. The molecule has 0 radical (unpaired) electrons. The lowest BCUT2D eigenvalue weighted by Gasteiger charge is -2.08. The molecule has 2 nitrogen and oxygen atoms in total. The van der Waals surface area contributed by atoms with Crippen molar-refractivity contribution in [3.05, 3.63) is 17.0 Å². The van der Waals surface area contributed by atoms with Gasteiger partial charge in [-0.15, -0.1) is 11.8 Å². The fourth-order valence-electron chi connectivity index (χ4n) is 1.84. The quantitative estimate of drug-likeness (QED) is 0.756. The van der Waals surface area contributed by atoms with Gasteiger partial charge in [-0.1, -0.05) is 31.4 Å². The molecule has 0 saturated heterocycles. The molecule has 0 spiro atoms. The standard InChI is InChI=1S/C11H15ClN2S/c1-2-10-13-9(12)7-11(14-10)15-8-5-3-4-6-8/h7-8H,2-6H2,1H3. The minimum atomic E-state index is 0.572. The maximum atomic E-state index is 5.95. The highest BCUT2D eigenvalue weighted by atomic mass is 35.5. The first kappa shape index (κ1) is 11.2. The van der Waals surface area contributed by atoms with Crippen LogP contribution >= 0.6 is 23.4 Å². The summed E-state index contributed by atoms with van der Waals surface area (Å²) in [4.78, 5) is 8.65. The molecule has 0 unspecified atom stereocenters. The second kappa shape index (κ2) is 5.17. The van der Waals surface area contributed by atoms with Gasteiger partial charge in [0.2, 0.25) is 0 Å². The third-order valence-electron chi connectivity index (χ3n) is 2.62. The first-order valence-corrected chi connectivity index (χ1v) is 6.74. The fourth-order valence-corrected chi connectivity index (χ4v) is 3.35. The lowest BCUT2D eigenvalue weighted by atomic mass is 10.4. The van der Waals surface area contributed by atoms with Gasteiger partial charge in [-0.3, -0.25) is 0 Å². The van der Waals surface area contributed by atoms with Crippen LogP contribution in [0.4, 0.5) is 0 Å². The van der Waals surface area contributed by atoms with Crippen molar-refractivity contribution in [2.45, 2.75) is 49.3 Å². The number of nitrogens with zero attached hydrogens (tertiary/aromatic N) is 2. The molecule has 1 aromatic heterocycles. The van der Waals surface area contributed by atoms with Gasteiger partial charge in [0.1, 0.15) is 16.0 Å². The monoisotopic (exact) mass is 242 g/mol. The SMILES string of the molecule is CCc1nc(Cl)cc(SC2CCCC2)n1. The number of thioether (sulfide) groups is 1. The van der Waals surface area contributed by atoms with E-state index in [-0.39, 0.29) is 0 Å². The minimum absolute atomic E-state index is 0.572. The number of halogens is 1. The molecule has 0 bridgehead atoms. The molecule has 0 amide bonds. The first-order valence-electron chi connectivity index (χ1n) is 5.48. The molecule has 2 rings (SSSR count). The molecule has 15 heavy (non-hydrogen) atoms. The number of aryl methyl sites for hydroxylation is 1. The summed E-state index contributed by atoms with van der Waals surface area (Å²) in [5, 5.41) is 2.35. The maximum Gasteiger partial charge on any atom is 0.133 e. The average molecular weight is 243 g/mol. The summed E-state index contributed by atoms with van der Waals surface area (Å²) in [6.07, 6.45) is 6.19. The van der Waals surface area contributed by atoms with E-state index in [1.165, 1.54) is 25.7 Å². The van der Waals surface area contributed by atoms with Gasteiger partial charge in [-0.2, -0.15) is 0 Å². The Hall–Kier alpha value is -0.280. The molecular weight excluding hydrogens is 228 g/mol. The molecule has 0 N–H and O–H groups in total. The Morgan fingerprint density at radius 2 is 2.13 bits per heavy atom. The van der Waals surface area contributed by atoms with Gasteiger partial charge in [-0.05, 0) is 12.8 Å². The largest absolute Gasteiger partial charge is 0.226 e. The van der Waals surface area contributed by atoms with E-state index in [1.54, 1.807) is 0 Å². The van der Waals surface area contributed by atoms with E-state index in [1.807, 2.05) is 17.8 Å². The molecule has 1 fully saturated rings. The number of aromatic nitrogens is 2. The summed E-state index contributed by atoms with van der Waals surface area (Å²) in [5.41, 5.74) is 0. The van der Waals surface area contributed by atoms with Crippen LogP contribution in [0, 0.1) is 0 Å². The molecule has 4 heteroatoms. The lowest BCUT2D eigenvalue weighted by Crippen LogP contribution is -1.99. The van der Waals surface area contributed by atoms with E-state index in [4.69, 9.17) is 11.6 Å². The third kappa shape index (κ3) is 3.08. The van der Waals surface area contributed by atoms with Crippen molar-refractivity contribution in [1.29, 1.82) is 0 Å². The van der Waals surface area contributed by atoms with Crippen molar-refractivity contribution in [1.82, 2.24) is 9.97 Å². The van der Waals surface area contributed by atoms with E-state index < -0.39 is 0 Å². The van der Waals surface area contributed by atoms with Crippen LogP contribution in [0.15, 0.2) is 11.1 Å². The highest BCUT2D eigenvalue weighted by molar-refractivity contribution is 7.99. The Balaban J connectivity index is 2.09. The predicted molar refractivity (Wildman–Crippen MR) is 64.5 cm³/mol. The Labute approximate surface area is 99.8 Å². The van der Waals surface area contributed by atoms with E-state index in [2.05, 4.69) is 16.9 Å². The topological polar surface area (TPSA) is 25.8 Å². The van der Waals surface area contributed by atoms with Crippen molar-refractivity contribution in [3.63, 3.8) is 0 Å². The van der Waals surface area contributed by atoms with Crippen molar-refractivity contribution in [2.75, 3.05) is 0 Å². The van der Waals surface area contributed by atoms with Crippen LogP contribution in [0.3, 0.4) is 0 Å². The molecule has 1 aromatic rings. The smallest absolute Gasteiger partial charge is 0.133 e. The zero-order chi connectivity index (χ0) is 10.7. The van der Waals surface area contributed by atoms with Crippen molar-refractivity contribution >= 4 is 23.4 Å². The van der Waals surface area contributed by atoms with Gasteiger partial charge in [0.25, 0.3) is 0 Å². The summed E-state index contributed by atoms with van der Waals surface area (Å²) >= 11 is 7.81. The Kier molecular flexibility index (Phi) is 3.87. The number of rotatable bonds is 3. The normalized spacial score (nSPS) is 17.2. The van der Waals surface area contributed by atoms with Crippen molar-refractivity contribution in [2.24, 2.45) is 0 Å².